The summed E-state index contributed by atoms with van der Waals surface area (Å²) in [5.74, 6) is 0.350. The summed E-state index contributed by atoms with van der Waals surface area (Å²) in [5.41, 5.74) is 1.06. The third-order valence-corrected chi connectivity index (χ3v) is 7.35. The zero-order valence-corrected chi connectivity index (χ0v) is 20.4. The Balaban J connectivity index is 1.46. The summed E-state index contributed by atoms with van der Waals surface area (Å²) in [7, 11) is 0. The van der Waals surface area contributed by atoms with Gasteiger partial charge >= 0.3 is 6.03 Å². The smallest absolute Gasteiger partial charge is 0.321 e. The Kier molecular flexibility index (Phi) is 7.91. The van der Waals surface area contributed by atoms with Crippen LogP contribution in [0.15, 0.2) is 24.3 Å². The first-order valence-corrected chi connectivity index (χ1v) is 12.9. The Morgan fingerprint density at radius 1 is 1.11 bits per heavy atom. The molecule has 4 N–H and O–H groups in total. The minimum Gasteiger partial charge on any atom is -0.354 e. The lowest BCUT2D eigenvalue weighted by Crippen LogP contribution is -2.65. The molecule has 12 heteroatoms. The van der Waals surface area contributed by atoms with E-state index in [0.29, 0.717) is 35.8 Å². The predicted octanol–water partition coefficient (Wildman–Crippen LogP) is -0.00880. The molecule has 0 bridgehead atoms. The van der Waals surface area contributed by atoms with Crippen molar-refractivity contribution in [3.63, 3.8) is 0 Å². The molecule has 4 rings (SSSR count). The lowest BCUT2D eigenvalue weighted by Gasteiger charge is -2.41. The molecule has 0 unspecified atom stereocenters. The molecule has 0 aromatic heterocycles. The third-order valence-electron chi connectivity index (χ3n) is 6.41. The van der Waals surface area contributed by atoms with Crippen molar-refractivity contribution in [3.8, 4) is 0 Å². The largest absolute Gasteiger partial charge is 0.354 e. The number of anilines is 1. The highest BCUT2D eigenvalue weighted by Crippen LogP contribution is 2.19. The average Bonchev–Trinajstić information content (AvgIpc) is 3.40. The van der Waals surface area contributed by atoms with Crippen molar-refractivity contribution in [1.29, 1.82) is 0 Å². The molecule has 188 valence electrons. The lowest BCUT2D eigenvalue weighted by molar-refractivity contribution is -0.145. The molecule has 3 aliphatic rings. The Labute approximate surface area is 207 Å². The van der Waals surface area contributed by atoms with Crippen LogP contribution < -0.4 is 21.3 Å². The van der Waals surface area contributed by atoms with Gasteiger partial charge in [0.25, 0.3) is 0 Å². The molecular weight excluding hydrogens is 472 g/mol. The first kappa shape index (κ1) is 25.0. The molecule has 35 heavy (non-hydrogen) atoms. The molecular formula is C23H30N6O5S. The second-order valence-corrected chi connectivity index (χ2v) is 9.85. The molecule has 3 heterocycles. The Bertz CT molecular complexity index is 997. The van der Waals surface area contributed by atoms with E-state index in [9.17, 15) is 24.0 Å². The van der Waals surface area contributed by atoms with Crippen LogP contribution in [-0.4, -0.2) is 95.3 Å². The van der Waals surface area contributed by atoms with Crippen LogP contribution in [0.4, 0.5) is 10.5 Å². The summed E-state index contributed by atoms with van der Waals surface area (Å²) in [6, 6.07) is 4.19. The minimum absolute atomic E-state index is 0.00311. The number of hydrogen-bond donors (Lipinski definition) is 4. The fraction of sp³-hybridized carbons (Fsp3) is 0.522. The van der Waals surface area contributed by atoms with Gasteiger partial charge in [0.2, 0.25) is 17.7 Å². The van der Waals surface area contributed by atoms with Gasteiger partial charge in [-0.3, -0.25) is 24.5 Å². The predicted molar refractivity (Wildman–Crippen MR) is 131 cm³/mol. The first-order chi connectivity index (χ1) is 16.8. The number of amides is 5. The quantitative estimate of drug-likeness (QED) is 0.415. The molecule has 3 aliphatic heterocycles. The van der Waals surface area contributed by atoms with Gasteiger partial charge in [-0.1, -0.05) is 0 Å². The first-order valence-electron chi connectivity index (χ1n) is 11.7. The van der Waals surface area contributed by atoms with Gasteiger partial charge in [0.1, 0.15) is 12.1 Å². The van der Waals surface area contributed by atoms with Crippen LogP contribution in [-0.2, 0) is 14.4 Å². The Morgan fingerprint density at radius 3 is 2.54 bits per heavy atom. The molecule has 0 spiro atoms. The summed E-state index contributed by atoms with van der Waals surface area (Å²) in [6.07, 6.45) is 1.28. The summed E-state index contributed by atoms with van der Waals surface area (Å²) >= 11 is 1.61. The topological polar surface area (TPSA) is 140 Å². The second kappa shape index (κ2) is 11.1. The van der Waals surface area contributed by atoms with Crippen molar-refractivity contribution in [2.75, 3.05) is 43.1 Å². The van der Waals surface area contributed by atoms with Gasteiger partial charge in [-0.25, -0.2) is 4.79 Å². The zero-order valence-electron chi connectivity index (χ0n) is 19.5. The van der Waals surface area contributed by atoms with Crippen LogP contribution in [0.2, 0.25) is 0 Å². The van der Waals surface area contributed by atoms with E-state index in [1.807, 2.05) is 0 Å². The number of nitrogens with zero attached hydrogens (tertiary/aromatic N) is 2. The average molecular weight is 503 g/mol. The van der Waals surface area contributed by atoms with E-state index in [1.165, 1.54) is 16.7 Å². The normalized spacial score (nSPS) is 24.5. The van der Waals surface area contributed by atoms with Gasteiger partial charge in [-0.15, -0.1) is 11.8 Å². The standard InChI is InChI=1S/C23H30N6O5S/c1-14(30)15-4-6-16(7-5-15)26-23(34)28-9-10-29(22(33)18-12-35-13-25-18)19(11-28)21(32)27-17-3-2-8-24-20(17)31/h4-7,17-19,25H,2-3,8-13H2,1H3,(H,24,31)(H,26,34)(H,27,32)/t17-,18-,19+/m0/s1. The number of Topliss-reactive ketones (excluding diaryl/α,β-unsaturated/α-hetero) is 1. The highest BCUT2D eigenvalue weighted by molar-refractivity contribution is 7.99. The van der Waals surface area contributed by atoms with Crippen LogP contribution in [0, 0.1) is 0 Å². The molecule has 3 fully saturated rings. The number of carbonyl (C=O) groups excluding carboxylic acids is 5. The maximum Gasteiger partial charge on any atom is 0.321 e. The SMILES string of the molecule is CC(=O)c1ccc(NC(=O)N2CCN(C(=O)[C@@H]3CSCN3)[C@@H](C(=O)N[C@H]3CCCNC3=O)C2)cc1. The van der Waals surface area contributed by atoms with Gasteiger partial charge in [0.05, 0.1) is 12.6 Å². The van der Waals surface area contributed by atoms with Crippen molar-refractivity contribution in [2.45, 2.75) is 37.9 Å². The maximum atomic E-state index is 13.3. The van der Waals surface area contributed by atoms with Crippen molar-refractivity contribution >= 4 is 47.0 Å². The number of nitrogens with one attached hydrogen (secondary N) is 4. The second-order valence-electron chi connectivity index (χ2n) is 8.82. The van der Waals surface area contributed by atoms with E-state index < -0.39 is 24.0 Å². The van der Waals surface area contributed by atoms with Gasteiger partial charge in [-0.05, 0) is 44.0 Å². The molecule has 3 saturated heterocycles. The van der Waals surface area contributed by atoms with E-state index in [4.69, 9.17) is 0 Å². The van der Waals surface area contributed by atoms with Gasteiger partial charge in [0, 0.05) is 42.5 Å². The van der Waals surface area contributed by atoms with E-state index >= 15 is 0 Å². The molecule has 0 aliphatic carbocycles. The number of piperidine rings is 1. The van der Waals surface area contributed by atoms with Crippen molar-refractivity contribution in [3.05, 3.63) is 29.8 Å². The highest BCUT2D eigenvalue weighted by Gasteiger charge is 2.41. The van der Waals surface area contributed by atoms with Gasteiger partial charge in [-0.2, -0.15) is 0 Å². The molecule has 3 atom stereocenters. The molecule has 0 radical (unpaired) electrons. The van der Waals surface area contributed by atoms with Crippen molar-refractivity contribution in [2.24, 2.45) is 0 Å². The summed E-state index contributed by atoms with van der Waals surface area (Å²) < 4.78 is 0. The zero-order chi connectivity index (χ0) is 24.9. The number of urea groups is 1. The minimum atomic E-state index is -0.913. The van der Waals surface area contributed by atoms with Crippen LogP contribution in [0.1, 0.15) is 30.1 Å². The summed E-state index contributed by atoms with van der Waals surface area (Å²) in [5, 5.41) is 11.4. The third kappa shape index (κ3) is 5.93. The van der Waals surface area contributed by atoms with E-state index in [2.05, 4.69) is 21.3 Å². The highest BCUT2D eigenvalue weighted by atomic mass is 32.2. The van der Waals surface area contributed by atoms with Gasteiger partial charge < -0.3 is 25.8 Å². The molecule has 1 aromatic rings. The monoisotopic (exact) mass is 502 g/mol. The molecule has 1 aromatic carbocycles. The van der Waals surface area contributed by atoms with Gasteiger partial charge in [0.15, 0.2) is 5.78 Å². The van der Waals surface area contributed by atoms with Crippen LogP contribution in [0.5, 0.6) is 0 Å². The van der Waals surface area contributed by atoms with Crippen molar-refractivity contribution < 1.29 is 24.0 Å². The summed E-state index contributed by atoms with van der Waals surface area (Å²) in [6.45, 7) is 2.51. The fourth-order valence-corrected chi connectivity index (χ4v) is 5.31. The number of benzene rings is 1. The van der Waals surface area contributed by atoms with Crippen LogP contribution in [0.3, 0.4) is 0 Å². The van der Waals surface area contributed by atoms with Crippen LogP contribution in [0.25, 0.3) is 0 Å². The number of rotatable bonds is 5. The van der Waals surface area contributed by atoms with E-state index in [-0.39, 0.29) is 43.3 Å². The summed E-state index contributed by atoms with van der Waals surface area (Å²) in [4.78, 5) is 66.0. The Hall–Kier alpha value is -3.12. The number of hydrogen-bond acceptors (Lipinski definition) is 7. The van der Waals surface area contributed by atoms with E-state index in [0.717, 1.165) is 6.42 Å². The number of thioether (sulfide) groups is 1. The lowest BCUT2D eigenvalue weighted by atomic mass is 10.0. The van der Waals surface area contributed by atoms with Crippen molar-refractivity contribution in [1.82, 2.24) is 25.8 Å². The number of ketones is 1. The maximum absolute atomic E-state index is 13.3. The number of piperazine rings is 1. The van der Waals surface area contributed by atoms with Crippen LogP contribution >= 0.6 is 11.8 Å². The Morgan fingerprint density at radius 2 is 1.89 bits per heavy atom. The fourth-order valence-electron chi connectivity index (χ4n) is 4.38. The van der Waals surface area contributed by atoms with E-state index in [1.54, 1.807) is 36.0 Å². The number of carbonyl (C=O) groups is 5. The molecule has 0 saturated carbocycles. The molecule has 5 amide bonds. The molecule has 11 nitrogen and oxygen atoms in total.